The summed E-state index contributed by atoms with van der Waals surface area (Å²) < 4.78 is 5.87. The summed E-state index contributed by atoms with van der Waals surface area (Å²) in [5.74, 6) is 0.945. The Hall–Kier alpha value is -1.45. The summed E-state index contributed by atoms with van der Waals surface area (Å²) in [4.78, 5) is 1.17. The smallest absolute Gasteiger partial charge is 0.133 e. The first kappa shape index (κ1) is 14.0. The Labute approximate surface area is 119 Å². The second kappa shape index (κ2) is 7.22. The van der Waals surface area contributed by atoms with Crippen molar-refractivity contribution in [3.63, 3.8) is 0 Å². The van der Waals surface area contributed by atoms with Crippen molar-refractivity contribution in [2.24, 2.45) is 5.73 Å². The average molecular weight is 273 g/mol. The van der Waals surface area contributed by atoms with Crippen molar-refractivity contribution in [1.82, 2.24) is 0 Å². The standard InChI is InChI=1S/C16H19NOS/c1-19-16-5-3-2-4-15(16)18-12-14-8-6-13(7-9-14)10-11-17/h2-9H,10-12,17H2,1H3. The highest BCUT2D eigenvalue weighted by Crippen LogP contribution is 2.27. The zero-order valence-electron chi connectivity index (χ0n) is 11.1. The van der Waals surface area contributed by atoms with E-state index in [-0.39, 0.29) is 0 Å². The number of rotatable bonds is 6. The monoisotopic (exact) mass is 273 g/mol. The number of para-hydroxylation sites is 1. The normalized spacial score (nSPS) is 10.4. The molecule has 0 saturated carbocycles. The molecular formula is C16H19NOS. The predicted molar refractivity (Wildman–Crippen MR) is 81.8 cm³/mol. The fraction of sp³-hybridized carbons (Fsp3) is 0.250. The van der Waals surface area contributed by atoms with Crippen LogP contribution in [-0.2, 0) is 13.0 Å². The first-order valence-electron chi connectivity index (χ1n) is 6.37. The Kier molecular flexibility index (Phi) is 5.31. The molecule has 0 aliphatic heterocycles. The van der Waals surface area contributed by atoms with Crippen LogP contribution in [0.4, 0.5) is 0 Å². The summed E-state index contributed by atoms with van der Waals surface area (Å²) in [6.07, 6.45) is 2.99. The predicted octanol–water partition coefficient (Wildman–Crippen LogP) is 3.49. The van der Waals surface area contributed by atoms with Crippen LogP contribution < -0.4 is 10.5 Å². The minimum absolute atomic E-state index is 0.598. The fourth-order valence-corrected chi connectivity index (χ4v) is 2.41. The molecule has 0 fully saturated rings. The van der Waals surface area contributed by atoms with Crippen LogP contribution in [0.25, 0.3) is 0 Å². The Morgan fingerprint density at radius 3 is 2.37 bits per heavy atom. The Balaban J connectivity index is 1.98. The van der Waals surface area contributed by atoms with Crippen molar-refractivity contribution in [2.45, 2.75) is 17.9 Å². The molecule has 0 radical (unpaired) electrons. The summed E-state index contributed by atoms with van der Waals surface area (Å²) in [5, 5.41) is 0. The van der Waals surface area contributed by atoms with Gasteiger partial charge in [0.1, 0.15) is 12.4 Å². The van der Waals surface area contributed by atoms with Crippen molar-refractivity contribution >= 4 is 11.8 Å². The molecule has 19 heavy (non-hydrogen) atoms. The molecule has 2 aromatic rings. The van der Waals surface area contributed by atoms with Gasteiger partial charge in [0.25, 0.3) is 0 Å². The number of ether oxygens (including phenoxy) is 1. The van der Waals surface area contributed by atoms with Gasteiger partial charge in [0.2, 0.25) is 0 Å². The molecule has 0 spiro atoms. The zero-order chi connectivity index (χ0) is 13.5. The topological polar surface area (TPSA) is 35.2 Å². The highest BCUT2D eigenvalue weighted by Gasteiger charge is 2.02. The largest absolute Gasteiger partial charge is 0.488 e. The van der Waals surface area contributed by atoms with Gasteiger partial charge < -0.3 is 10.5 Å². The van der Waals surface area contributed by atoms with E-state index in [0.717, 1.165) is 12.2 Å². The van der Waals surface area contributed by atoms with E-state index in [0.29, 0.717) is 13.2 Å². The molecule has 0 bridgehead atoms. The van der Waals surface area contributed by atoms with Crippen LogP contribution in [0, 0.1) is 0 Å². The Morgan fingerprint density at radius 2 is 1.68 bits per heavy atom. The lowest BCUT2D eigenvalue weighted by atomic mass is 10.1. The molecule has 0 aromatic heterocycles. The molecule has 3 heteroatoms. The summed E-state index contributed by atoms with van der Waals surface area (Å²) in [7, 11) is 0. The summed E-state index contributed by atoms with van der Waals surface area (Å²) in [6, 6.07) is 16.6. The second-order valence-corrected chi connectivity index (χ2v) is 5.14. The van der Waals surface area contributed by atoms with Crippen molar-refractivity contribution in [3.8, 4) is 5.75 Å². The van der Waals surface area contributed by atoms with Gasteiger partial charge >= 0.3 is 0 Å². The average Bonchev–Trinajstić information content (AvgIpc) is 2.47. The van der Waals surface area contributed by atoms with Gasteiger partial charge in [-0.15, -0.1) is 11.8 Å². The molecule has 0 heterocycles. The molecule has 100 valence electrons. The molecule has 2 rings (SSSR count). The van der Waals surface area contributed by atoms with Gasteiger partial charge in [0.15, 0.2) is 0 Å². The maximum atomic E-state index is 5.87. The van der Waals surface area contributed by atoms with Gasteiger partial charge in [0.05, 0.1) is 0 Å². The molecule has 0 saturated heterocycles. The third-order valence-corrected chi connectivity index (χ3v) is 3.70. The van der Waals surface area contributed by atoms with E-state index in [1.807, 2.05) is 18.2 Å². The summed E-state index contributed by atoms with van der Waals surface area (Å²) >= 11 is 1.70. The molecule has 0 aliphatic carbocycles. The van der Waals surface area contributed by atoms with Crippen LogP contribution in [0.3, 0.4) is 0 Å². The van der Waals surface area contributed by atoms with E-state index < -0.39 is 0 Å². The zero-order valence-corrected chi connectivity index (χ0v) is 12.0. The first-order valence-corrected chi connectivity index (χ1v) is 7.59. The lowest BCUT2D eigenvalue weighted by Gasteiger charge is -2.10. The van der Waals surface area contributed by atoms with Gasteiger partial charge in [-0.2, -0.15) is 0 Å². The van der Waals surface area contributed by atoms with Crippen LogP contribution in [0.2, 0.25) is 0 Å². The van der Waals surface area contributed by atoms with E-state index in [1.165, 1.54) is 16.0 Å². The SMILES string of the molecule is CSc1ccccc1OCc1ccc(CCN)cc1. The van der Waals surface area contributed by atoms with Crippen molar-refractivity contribution in [3.05, 3.63) is 59.7 Å². The molecule has 2 aromatic carbocycles. The fourth-order valence-electron chi connectivity index (χ4n) is 1.87. The third-order valence-electron chi connectivity index (χ3n) is 2.92. The minimum atomic E-state index is 0.598. The number of hydrogen-bond donors (Lipinski definition) is 1. The second-order valence-electron chi connectivity index (χ2n) is 4.29. The Bertz CT molecular complexity index is 510. The maximum absolute atomic E-state index is 5.87. The number of thioether (sulfide) groups is 1. The van der Waals surface area contributed by atoms with Crippen molar-refractivity contribution < 1.29 is 4.74 Å². The summed E-state index contributed by atoms with van der Waals surface area (Å²) in [6.45, 7) is 1.29. The molecule has 0 amide bonds. The van der Waals surface area contributed by atoms with E-state index in [1.54, 1.807) is 11.8 Å². The van der Waals surface area contributed by atoms with Gasteiger partial charge in [-0.1, -0.05) is 36.4 Å². The third kappa shape index (κ3) is 4.01. The highest BCUT2D eigenvalue weighted by atomic mass is 32.2. The van der Waals surface area contributed by atoms with Crippen LogP contribution in [-0.4, -0.2) is 12.8 Å². The highest BCUT2D eigenvalue weighted by molar-refractivity contribution is 7.98. The lowest BCUT2D eigenvalue weighted by Crippen LogP contribution is -2.03. The van der Waals surface area contributed by atoms with E-state index in [9.17, 15) is 0 Å². The number of nitrogens with two attached hydrogens (primary N) is 1. The van der Waals surface area contributed by atoms with Gasteiger partial charge in [0, 0.05) is 4.90 Å². The Morgan fingerprint density at radius 1 is 1.00 bits per heavy atom. The van der Waals surface area contributed by atoms with Crippen LogP contribution in [0.1, 0.15) is 11.1 Å². The first-order chi connectivity index (χ1) is 9.33. The molecule has 0 unspecified atom stereocenters. The number of hydrogen-bond acceptors (Lipinski definition) is 3. The molecule has 0 atom stereocenters. The molecular weight excluding hydrogens is 254 g/mol. The lowest BCUT2D eigenvalue weighted by molar-refractivity contribution is 0.299. The van der Waals surface area contributed by atoms with Gasteiger partial charge in [-0.05, 0) is 42.5 Å². The van der Waals surface area contributed by atoms with Crippen molar-refractivity contribution in [1.29, 1.82) is 0 Å². The quantitative estimate of drug-likeness (QED) is 0.818. The van der Waals surface area contributed by atoms with Crippen molar-refractivity contribution in [2.75, 3.05) is 12.8 Å². The van der Waals surface area contributed by atoms with E-state index in [2.05, 4.69) is 36.6 Å². The maximum Gasteiger partial charge on any atom is 0.133 e. The minimum Gasteiger partial charge on any atom is -0.488 e. The van der Waals surface area contributed by atoms with Gasteiger partial charge in [-0.25, -0.2) is 0 Å². The molecule has 0 aliphatic rings. The van der Waals surface area contributed by atoms with Gasteiger partial charge in [-0.3, -0.25) is 0 Å². The van der Waals surface area contributed by atoms with E-state index >= 15 is 0 Å². The molecule has 2 nitrogen and oxygen atoms in total. The molecule has 2 N–H and O–H groups in total. The summed E-state index contributed by atoms with van der Waals surface area (Å²) in [5.41, 5.74) is 7.99. The number of benzene rings is 2. The van der Waals surface area contributed by atoms with Crippen LogP contribution in [0.5, 0.6) is 5.75 Å². The van der Waals surface area contributed by atoms with E-state index in [4.69, 9.17) is 10.5 Å². The van der Waals surface area contributed by atoms with Crippen LogP contribution in [0.15, 0.2) is 53.4 Å². The van der Waals surface area contributed by atoms with Crippen LogP contribution >= 0.6 is 11.8 Å².